The molecule has 0 aromatic carbocycles. The maximum Gasteiger partial charge on any atom is 0.0685 e. The number of hydrogen-bond acceptors (Lipinski definition) is 4. The monoisotopic (exact) mass is 329 g/mol. The molecule has 122 valence electrons. The third-order valence-corrected chi connectivity index (χ3v) is 8.96. The molecule has 3 fully saturated rings. The molecule has 4 unspecified atom stereocenters. The highest BCUT2D eigenvalue weighted by atomic mass is 32.2. The fraction of sp³-hybridized carbons (Fsp3) is 1.00. The molecule has 2 nitrogen and oxygen atoms in total. The first-order chi connectivity index (χ1) is 10.3. The molecule has 1 spiro atoms. The summed E-state index contributed by atoms with van der Waals surface area (Å²) in [6.07, 6.45) is 7.89. The van der Waals surface area contributed by atoms with Gasteiger partial charge in [0, 0.05) is 34.7 Å². The number of rotatable bonds is 5. The first-order valence-corrected chi connectivity index (χ1v) is 11.0. The predicted octanol–water partition coefficient (Wildman–Crippen LogP) is 3.94. The minimum absolute atomic E-state index is 0.283. The molecular formula is C17H31NOS2. The van der Waals surface area contributed by atoms with Gasteiger partial charge in [0.2, 0.25) is 0 Å². The van der Waals surface area contributed by atoms with Gasteiger partial charge in [0.05, 0.1) is 5.60 Å². The molecule has 0 bridgehead atoms. The summed E-state index contributed by atoms with van der Waals surface area (Å²) in [7, 11) is 0. The Morgan fingerprint density at radius 3 is 2.71 bits per heavy atom. The van der Waals surface area contributed by atoms with Gasteiger partial charge in [0.1, 0.15) is 0 Å². The fourth-order valence-corrected chi connectivity index (χ4v) is 7.69. The Morgan fingerprint density at radius 2 is 2.05 bits per heavy atom. The van der Waals surface area contributed by atoms with Gasteiger partial charge < -0.3 is 10.1 Å². The lowest BCUT2D eigenvalue weighted by molar-refractivity contribution is -0.147. The molecule has 1 N–H and O–H groups in total. The van der Waals surface area contributed by atoms with E-state index in [0.29, 0.717) is 6.04 Å². The van der Waals surface area contributed by atoms with Crippen molar-refractivity contribution in [2.24, 2.45) is 5.92 Å². The van der Waals surface area contributed by atoms with Crippen LogP contribution >= 0.6 is 23.5 Å². The van der Waals surface area contributed by atoms with Crippen molar-refractivity contribution in [3.8, 4) is 0 Å². The van der Waals surface area contributed by atoms with E-state index in [-0.39, 0.29) is 5.60 Å². The van der Waals surface area contributed by atoms with Gasteiger partial charge in [-0.15, -0.1) is 0 Å². The maximum absolute atomic E-state index is 6.16. The fourth-order valence-electron chi connectivity index (χ4n) is 4.35. The summed E-state index contributed by atoms with van der Waals surface area (Å²) in [5.74, 6) is 3.50. The van der Waals surface area contributed by atoms with Gasteiger partial charge in [-0.1, -0.05) is 13.8 Å². The van der Waals surface area contributed by atoms with Gasteiger partial charge in [-0.25, -0.2) is 0 Å². The van der Waals surface area contributed by atoms with Gasteiger partial charge in [-0.3, -0.25) is 0 Å². The van der Waals surface area contributed by atoms with Crippen LogP contribution in [0.15, 0.2) is 0 Å². The largest absolute Gasteiger partial charge is 0.375 e. The van der Waals surface area contributed by atoms with Crippen molar-refractivity contribution in [1.29, 1.82) is 0 Å². The summed E-state index contributed by atoms with van der Waals surface area (Å²) in [5, 5.41) is 5.52. The SMILES string of the molecule is CCNC(C1CCOC2(CCC2)C1)C1SCCSC1CC. The van der Waals surface area contributed by atoms with Crippen LogP contribution in [0.4, 0.5) is 0 Å². The number of nitrogens with one attached hydrogen (secondary N) is 1. The molecule has 0 aromatic rings. The highest BCUT2D eigenvalue weighted by molar-refractivity contribution is 8.07. The second-order valence-corrected chi connectivity index (χ2v) is 9.51. The lowest BCUT2D eigenvalue weighted by Crippen LogP contribution is -2.55. The standard InChI is InChI=1S/C17H31NOS2/c1-3-14-16(21-11-10-20-14)15(18-4-2)13-6-9-19-17(12-13)7-5-8-17/h13-16,18H,3-12H2,1-2H3. The van der Waals surface area contributed by atoms with E-state index in [1.165, 1.54) is 50.0 Å². The van der Waals surface area contributed by atoms with E-state index < -0.39 is 0 Å². The van der Waals surface area contributed by atoms with Crippen LogP contribution in [0.25, 0.3) is 0 Å². The molecule has 3 aliphatic rings. The van der Waals surface area contributed by atoms with E-state index in [9.17, 15) is 0 Å². The number of hydrogen-bond donors (Lipinski definition) is 1. The smallest absolute Gasteiger partial charge is 0.0685 e. The Hall–Kier alpha value is 0.620. The van der Waals surface area contributed by atoms with Crippen LogP contribution < -0.4 is 5.32 Å². The minimum Gasteiger partial charge on any atom is -0.375 e. The third-order valence-electron chi connectivity index (χ3n) is 5.59. The average molecular weight is 330 g/mol. The highest BCUT2D eigenvalue weighted by Crippen LogP contribution is 2.47. The van der Waals surface area contributed by atoms with Crippen LogP contribution in [0.1, 0.15) is 52.4 Å². The Balaban J connectivity index is 1.70. The third kappa shape index (κ3) is 3.59. The normalized spacial score (nSPS) is 37.1. The topological polar surface area (TPSA) is 21.3 Å². The summed E-state index contributed by atoms with van der Waals surface area (Å²) in [6.45, 7) is 6.74. The molecule has 2 aliphatic heterocycles. The summed E-state index contributed by atoms with van der Waals surface area (Å²) in [5.41, 5.74) is 0.283. The zero-order chi connectivity index (χ0) is 14.7. The average Bonchev–Trinajstić information content (AvgIpc) is 2.51. The van der Waals surface area contributed by atoms with E-state index in [1.807, 2.05) is 0 Å². The quantitative estimate of drug-likeness (QED) is 0.824. The van der Waals surface area contributed by atoms with Crippen LogP contribution in [-0.2, 0) is 4.74 Å². The van der Waals surface area contributed by atoms with Gasteiger partial charge in [-0.05, 0) is 51.0 Å². The predicted molar refractivity (Wildman–Crippen MR) is 95.5 cm³/mol. The molecular weight excluding hydrogens is 298 g/mol. The summed E-state index contributed by atoms with van der Waals surface area (Å²) in [4.78, 5) is 0. The summed E-state index contributed by atoms with van der Waals surface area (Å²) < 4.78 is 6.16. The van der Waals surface area contributed by atoms with E-state index in [2.05, 4.69) is 42.7 Å². The lowest BCUT2D eigenvalue weighted by Gasteiger charge is -2.50. The molecule has 0 radical (unpaired) electrons. The zero-order valence-corrected chi connectivity index (χ0v) is 15.2. The van der Waals surface area contributed by atoms with Crippen LogP contribution in [-0.4, -0.2) is 46.8 Å². The first kappa shape index (κ1) is 16.5. The maximum atomic E-state index is 6.16. The Bertz CT molecular complexity index is 335. The van der Waals surface area contributed by atoms with Gasteiger partial charge in [0.15, 0.2) is 0 Å². The highest BCUT2D eigenvalue weighted by Gasteiger charge is 2.46. The molecule has 21 heavy (non-hydrogen) atoms. The van der Waals surface area contributed by atoms with Gasteiger partial charge >= 0.3 is 0 Å². The molecule has 3 rings (SSSR count). The second-order valence-electron chi connectivity index (χ2n) is 6.87. The Labute approximate surface area is 138 Å². The van der Waals surface area contributed by atoms with E-state index in [1.54, 1.807) is 0 Å². The van der Waals surface area contributed by atoms with Crippen molar-refractivity contribution in [3.05, 3.63) is 0 Å². The van der Waals surface area contributed by atoms with E-state index in [4.69, 9.17) is 4.74 Å². The zero-order valence-electron chi connectivity index (χ0n) is 13.6. The van der Waals surface area contributed by atoms with Crippen LogP contribution in [0.3, 0.4) is 0 Å². The number of ether oxygens (including phenoxy) is 1. The molecule has 4 heteroatoms. The molecule has 2 saturated heterocycles. The summed E-state index contributed by atoms with van der Waals surface area (Å²) >= 11 is 4.46. The number of thioether (sulfide) groups is 2. The van der Waals surface area contributed by atoms with Crippen LogP contribution in [0.5, 0.6) is 0 Å². The first-order valence-electron chi connectivity index (χ1n) is 8.88. The lowest BCUT2D eigenvalue weighted by atomic mass is 9.70. The minimum atomic E-state index is 0.283. The van der Waals surface area contributed by atoms with E-state index >= 15 is 0 Å². The Morgan fingerprint density at radius 1 is 1.24 bits per heavy atom. The molecule has 1 aliphatic carbocycles. The van der Waals surface area contributed by atoms with Crippen molar-refractivity contribution in [2.45, 2.75) is 74.5 Å². The van der Waals surface area contributed by atoms with Gasteiger partial charge in [0.25, 0.3) is 0 Å². The van der Waals surface area contributed by atoms with Crippen LogP contribution in [0, 0.1) is 5.92 Å². The second kappa shape index (κ2) is 7.46. The molecule has 4 atom stereocenters. The summed E-state index contributed by atoms with van der Waals surface area (Å²) in [6, 6.07) is 0.694. The van der Waals surface area contributed by atoms with Crippen LogP contribution in [0.2, 0.25) is 0 Å². The Kier molecular flexibility index (Phi) is 5.85. The van der Waals surface area contributed by atoms with Crippen molar-refractivity contribution in [1.82, 2.24) is 5.32 Å². The molecule has 2 heterocycles. The van der Waals surface area contributed by atoms with Crippen molar-refractivity contribution in [3.63, 3.8) is 0 Å². The molecule has 0 aromatic heterocycles. The van der Waals surface area contributed by atoms with Gasteiger partial charge in [-0.2, -0.15) is 23.5 Å². The van der Waals surface area contributed by atoms with Crippen molar-refractivity contribution >= 4 is 23.5 Å². The van der Waals surface area contributed by atoms with Crippen molar-refractivity contribution in [2.75, 3.05) is 24.7 Å². The molecule has 0 amide bonds. The molecule has 1 saturated carbocycles. The van der Waals surface area contributed by atoms with E-state index in [0.717, 1.165) is 29.6 Å². The van der Waals surface area contributed by atoms with Crippen molar-refractivity contribution < 1.29 is 4.74 Å².